The third-order valence-electron chi connectivity index (χ3n) is 5.91. The van der Waals surface area contributed by atoms with Gasteiger partial charge in [0.2, 0.25) is 5.91 Å². The van der Waals surface area contributed by atoms with E-state index in [4.69, 9.17) is 9.47 Å². The Kier molecular flexibility index (Phi) is 11.6. The van der Waals surface area contributed by atoms with Gasteiger partial charge in [0.05, 0.1) is 0 Å². The number of hydrogen-bond acceptors (Lipinski definition) is 5. The van der Waals surface area contributed by atoms with Gasteiger partial charge in [0.15, 0.2) is 0 Å². The minimum absolute atomic E-state index is 0.197. The molecular weight excluding hydrogens is 506 g/mol. The first-order chi connectivity index (χ1) is 19.2. The SMILES string of the molecule is CC(C)(C)OC(=O)NC(CCCCNC(=O)OCc1ccccc1)C(=O)NCc1cccc(-c2ccccc2)c1. The smallest absolute Gasteiger partial charge is 0.408 e. The second-order valence-corrected chi connectivity index (χ2v) is 10.5. The zero-order valence-electron chi connectivity index (χ0n) is 23.4. The number of carbonyl (C=O) groups excluding carboxylic acids is 3. The van der Waals surface area contributed by atoms with Gasteiger partial charge in [0.25, 0.3) is 0 Å². The van der Waals surface area contributed by atoms with Gasteiger partial charge in [0, 0.05) is 13.1 Å². The fourth-order valence-corrected chi connectivity index (χ4v) is 3.96. The normalized spacial score (nSPS) is 11.7. The van der Waals surface area contributed by atoms with Gasteiger partial charge in [0.1, 0.15) is 18.2 Å². The molecule has 3 aromatic carbocycles. The molecule has 0 bridgehead atoms. The molecule has 8 heteroatoms. The van der Waals surface area contributed by atoms with E-state index >= 15 is 0 Å². The number of nitrogens with one attached hydrogen (secondary N) is 3. The first-order valence-electron chi connectivity index (χ1n) is 13.6. The maximum absolute atomic E-state index is 13.1. The lowest BCUT2D eigenvalue weighted by Crippen LogP contribution is -2.48. The molecule has 0 aliphatic heterocycles. The van der Waals surface area contributed by atoms with Crippen molar-refractivity contribution < 1.29 is 23.9 Å². The van der Waals surface area contributed by atoms with Crippen LogP contribution in [-0.4, -0.2) is 36.3 Å². The lowest BCUT2D eigenvalue weighted by atomic mass is 10.0. The van der Waals surface area contributed by atoms with Gasteiger partial charge in [-0.3, -0.25) is 4.79 Å². The minimum Gasteiger partial charge on any atom is -0.445 e. The van der Waals surface area contributed by atoms with Crippen LogP contribution in [0.4, 0.5) is 9.59 Å². The molecule has 3 rings (SSSR count). The monoisotopic (exact) mass is 545 g/mol. The molecule has 0 aromatic heterocycles. The van der Waals surface area contributed by atoms with Crippen molar-refractivity contribution >= 4 is 18.1 Å². The second-order valence-electron chi connectivity index (χ2n) is 10.5. The van der Waals surface area contributed by atoms with Crippen molar-refractivity contribution in [1.82, 2.24) is 16.0 Å². The average molecular weight is 546 g/mol. The van der Waals surface area contributed by atoms with Crippen LogP contribution in [0.25, 0.3) is 11.1 Å². The van der Waals surface area contributed by atoms with Crippen LogP contribution in [0.1, 0.15) is 51.2 Å². The molecule has 3 aromatic rings. The van der Waals surface area contributed by atoms with Crippen molar-refractivity contribution in [3.05, 3.63) is 96.1 Å². The van der Waals surface area contributed by atoms with Crippen LogP contribution in [0.2, 0.25) is 0 Å². The van der Waals surface area contributed by atoms with Crippen molar-refractivity contribution in [3.63, 3.8) is 0 Å². The molecule has 1 unspecified atom stereocenters. The number of ether oxygens (including phenoxy) is 2. The number of benzene rings is 3. The summed E-state index contributed by atoms with van der Waals surface area (Å²) in [5.74, 6) is -0.300. The van der Waals surface area contributed by atoms with Gasteiger partial charge in [-0.15, -0.1) is 0 Å². The van der Waals surface area contributed by atoms with Gasteiger partial charge in [-0.2, -0.15) is 0 Å². The minimum atomic E-state index is -0.780. The van der Waals surface area contributed by atoms with Crippen LogP contribution in [0.15, 0.2) is 84.9 Å². The Morgan fingerprint density at radius 1 is 0.750 bits per heavy atom. The maximum Gasteiger partial charge on any atom is 0.408 e. The Labute approximate surface area is 236 Å². The van der Waals surface area contributed by atoms with E-state index in [0.29, 0.717) is 32.4 Å². The molecule has 212 valence electrons. The molecule has 0 fully saturated rings. The second kappa shape index (κ2) is 15.3. The molecule has 0 spiro atoms. The van der Waals surface area contributed by atoms with Crippen molar-refractivity contribution in [2.75, 3.05) is 6.54 Å². The quantitative estimate of drug-likeness (QED) is 0.244. The molecule has 0 saturated heterocycles. The van der Waals surface area contributed by atoms with Crippen LogP contribution in [0.3, 0.4) is 0 Å². The highest BCUT2D eigenvalue weighted by atomic mass is 16.6. The third kappa shape index (κ3) is 11.2. The molecule has 0 saturated carbocycles. The van der Waals surface area contributed by atoms with Crippen molar-refractivity contribution in [2.45, 2.75) is 64.8 Å². The van der Waals surface area contributed by atoms with Crippen molar-refractivity contribution in [1.29, 1.82) is 0 Å². The highest BCUT2D eigenvalue weighted by Crippen LogP contribution is 2.20. The highest BCUT2D eigenvalue weighted by Gasteiger charge is 2.24. The fraction of sp³-hybridized carbons (Fsp3) is 0.344. The van der Waals surface area contributed by atoms with Crippen molar-refractivity contribution in [3.8, 4) is 11.1 Å². The van der Waals surface area contributed by atoms with Crippen molar-refractivity contribution in [2.24, 2.45) is 0 Å². The molecule has 1 atom stereocenters. The first-order valence-corrected chi connectivity index (χ1v) is 13.6. The molecule has 3 N–H and O–H groups in total. The van der Waals surface area contributed by atoms with Gasteiger partial charge >= 0.3 is 12.2 Å². The summed E-state index contributed by atoms with van der Waals surface area (Å²) in [6.45, 7) is 6.21. The Bertz CT molecular complexity index is 1230. The summed E-state index contributed by atoms with van der Waals surface area (Å²) in [7, 11) is 0. The summed E-state index contributed by atoms with van der Waals surface area (Å²) >= 11 is 0. The molecule has 0 aliphatic rings. The van der Waals surface area contributed by atoms with E-state index in [1.54, 1.807) is 20.8 Å². The Balaban J connectivity index is 1.49. The van der Waals surface area contributed by atoms with E-state index in [0.717, 1.165) is 22.3 Å². The van der Waals surface area contributed by atoms with E-state index in [1.165, 1.54) is 0 Å². The molecule has 0 radical (unpaired) electrons. The fourth-order valence-electron chi connectivity index (χ4n) is 3.96. The zero-order chi connectivity index (χ0) is 28.8. The molecule has 0 heterocycles. The van der Waals surface area contributed by atoms with Crippen LogP contribution >= 0.6 is 0 Å². The van der Waals surface area contributed by atoms with E-state index in [2.05, 4.69) is 16.0 Å². The average Bonchev–Trinajstić information content (AvgIpc) is 2.94. The summed E-state index contributed by atoms with van der Waals surface area (Å²) in [4.78, 5) is 37.5. The number of rotatable bonds is 12. The van der Waals surface area contributed by atoms with Crippen LogP contribution < -0.4 is 16.0 Å². The molecule has 3 amide bonds. The number of hydrogen-bond donors (Lipinski definition) is 3. The summed E-state index contributed by atoms with van der Waals surface area (Å²) in [6, 6.07) is 26.6. The lowest BCUT2D eigenvalue weighted by Gasteiger charge is -2.23. The van der Waals surface area contributed by atoms with Crippen LogP contribution in [-0.2, 0) is 27.4 Å². The van der Waals surface area contributed by atoms with Gasteiger partial charge < -0.3 is 25.4 Å². The predicted molar refractivity (Wildman–Crippen MR) is 155 cm³/mol. The number of unbranched alkanes of at least 4 members (excludes halogenated alkanes) is 1. The Morgan fingerprint density at radius 3 is 2.10 bits per heavy atom. The molecule has 8 nitrogen and oxygen atoms in total. The highest BCUT2D eigenvalue weighted by molar-refractivity contribution is 5.85. The van der Waals surface area contributed by atoms with Crippen LogP contribution in [0.5, 0.6) is 0 Å². The van der Waals surface area contributed by atoms with Gasteiger partial charge in [-0.05, 0) is 68.4 Å². The van der Waals surface area contributed by atoms with E-state index < -0.39 is 23.8 Å². The maximum atomic E-state index is 13.1. The largest absolute Gasteiger partial charge is 0.445 e. The predicted octanol–water partition coefficient (Wildman–Crippen LogP) is 5.96. The topological polar surface area (TPSA) is 106 Å². The number of carbonyl (C=O) groups is 3. The number of alkyl carbamates (subject to hydrolysis) is 2. The zero-order valence-corrected chi connectivity index (χ0v) is 23.4. The lowest BCUT2D eigenvalue weighted by molar-refractivity contribution is -0.123. The summed E-state index contributed by atoms with van der Waals surface area (Å²) in [5.41, 5.74) is 3.33. The Hall–Kier alpha value is -4.33. The molecular formula is C32H39N3O5. The van der Waals surface area contributed by atoms with Gasteiger partial charge in [-0.25, -0.2) is 9.59 Å². The Morgan fingerprint density at radius 2 is 1.40 bits per heavy atom. The molecule has 0 aliphatic carbocycles. The first kappa shape index (κ1) is 30.2. The van der Waals surface area contributed by atoms with E-state index in [-0.39, 0.29) is 12.5 Å². The molecule has 40 heavy (non-hydrogen) atoms. The summed E-state index contributed by atoms with van der Waals surface area (Å²) in [5, 5.41) is 8.36. The van der Waals surface area contributed by atoms with E-state index in [9.17, 15) is 14.4 Å². The third-order valence-corrected chi connectivity index (χ3v) is 5.91. The van der Waals surface area contributed by atoms with Gasteiger partial charge in [-0.1, -0.05) is 78.9 Å². The standard InChI is InChI=1S/C32H39N3O5/c1-32(2,3)40-31(38)35-28(19-10-11-20-33-30(37)39-23-24-13-6-4-7-14-24)29(36)34-22-25-15-12-18-27(21-25)26-16-8-5-9-17-26/h4-9,12-18,21,28H,10-11,19-20,22-23H2,1-3H3,(H,33,37)(H,34,36)(H,35,38). The van der Waals surface area contributed by atoms with E-state index in [1.807, 2.05) is 84.9 Å². The summed E-state index contributed by atoms with van der Waals surface area (Å²) < 4.78 is 10.6. The summed E-state index contributed by atoms with van der Waals surface area (Å²) in [6.07, 6.45) is 0.440. The van der Waals surface area contributed by atoms with Crippen LogP contribution in [0, 0.1) is 0 Å². The number of amides is 3.